The van der Waals surface area contributed by atoms with Crippen molar-refractivity contribution in [2.45, 2.75) is 19.4 Å². The van der Waals surface area contributed by atoms with Crippen molar-refractivity contribution < 1.29 is 0 Å². The lowest BCUT2D eigenvalue weighted by Gasteiger charge is -2.02. The first-order chi connectivity index (χ1) is 7.95. The van der Waals surface area contributed by atoms with Crippen LogP contribution in [0.15, 0.2) is 41.9 Å². The van der Waals surface area contributed by atoms with E-state index >= 15 is 0 Å². The molecule has 0 aliphatic carbocycles. The molecule has 0 atom stereocenters. The fraction of sp³-hybridized carbons (Fsp3) is 0.308. The molecule has 0 unspecified atom stereocenters. The van der Waals surface area contributed by atoms with Crippen LogP contribution in [-0.4, -0.2) is 11.5 Å². The van der Waals surface area contributed by atoms with Crippen molar-refractivity contribution in [2.75, 3.05) is 6.54 Å². The van der Waals surface area contributed by atoms with Crippen LogP contribution in [0.5, 0.6) is 0 Å². The summed E-state index contributed by atoms with van der Waals surface area (Å²) in [4.78, 5) is 4.23. The first-order valence-electron chi connectivity index (χ1n) is 5.58. The van der Waals surface area contributed by atoms with Crippen molar-refractivity contribution in [2.24, 2.45) is 0 Å². The fourth-order valence-corrected chi connectivity index (χ4v) is 2.18. The van der Waals surface area contributed by atoms with Gasteiger partial charge in [-0.05, 0) is 24.9 Å². The van der Waals surface area contributed by atoms with Gasteiger partial charge in [-0.1, -0.05) is 30.3 Å². The highest BCUT2D eigenvalue weighted by molar-refractivity contribution is 7.09. The summed E-state index contributed by atoms with van der Waals surface area (Å²) in [6.45, 7) is 1.95. The highest BCUT2D eigenvalue weighted by Crippen LogP contribution is 2.04. The SMILES string of the molecule is c1ccc(CCCNCc2nccs2)cc1. The number of rotatable bonds is 6. The van der Waals surface area contributed by atoms with Gasteiger partial charge in [0.2, 0.25) is 0 Å². The zero-order chi connectivity index (χ0) is 11.1. The molecular weight excluding hydrogens is 216 g/mol. The highest BCUT2D eigenvalue weighted by atomic mass is 32.1. The van der Waals surface area contributed by atoms with Gasteiger partial charge >= 0.3 is 0 Å². The van der Waals surface area contributed by atoms with Crippen LogP contribution >= 0.6 is 11.3 Å². The van der Waals surface area contributed by atoms with Gasteiger partial charge in [-0.2, -0.15) is 0 Å². The van der Waals surface area contributed by atoms with Crippen LogP contribution in [0.3, 0.4) is 0 Å². The zero-order valence-corrected chi connectivity index (χ0v) is 10.0. The maximum Gasteiger partial charge on any atom is 0.106 e. The molecule has 2 rings (SSSR count). The monoisotopic (exact) mass is 232 g/mol. The molecule has 0 saturated heterocycles. The summed E-state index contributed by atoms with van der Waals surface area (Å²) in [5, 5.41) is 6.59. The number of hydrogen-bond donors (Lipinski definition) is 1. The van der Waals surface area contributed by atoms with Gasteiger partial charge in [-0.25, -0.2) is 4.98 Å². The largest absolute Gasteiger partial charge is 0.310 e. The smallest absolute Gasteiger partial charge is 0.106 e. The van der Waals surface area contributed by atoms with Crippen LogP contribution in [0.1, 0.15) is 17.0 Å². The molecule has 1 heterocycles. The average molecular weight is 232 g/mol. The number of thiazole rings is 1. The molecular formula is C13H16N2S. The van der Waals surface area contributed by atoms with Crippen molar-refractivity contribution in [3.05, 3.63) is 52.5 Å². The minimum absolute atomic E-state index is 0.895. The Balaban J connectivity index is 1.59. The molecule has 2 nitrogen and oxygen atoms in total. The molecule has 84 valence electrons. The van der Waals surface area contributed by atoms with Crippen LogP contribution in [0, 0.1) is 0 Å². The molecule has 1 aromatic carbocycles. The summed E-state index contributed by atoms with van der Waals surface area (Å²) in [7, 11) is 0. The molecule has 1 aromatic heterocycles. The van der Waals surface area contributed by atoms with E-state index in [1.807, 2.05) is 11.6 Å². The minimum Gasteiger partial charge on any atom is -0.310 e. The second-order valence-electron chi connectivity index (χ2n) is 3.69. The van der Waals surface area contributed by atoms with Gasteiger partial charge in [-0.15, -0.1) is 11.3 Å². The van der Waals surface area contributed by atoms with Crippen molar-refractivity contribution >= 4 is 11.3 Å². The first kappa shape index (κ1) is 11.3. The maximum absolute atomic E-state index is 4.23. The Morgan fingerprint density at radius 2 is 2.06 bits per heavy atom. The molecule has 3 heteroatoms. The van der Waals surface area contributed by atoms with E-state index in [2.05, 4.69) is 40.6 Å². The molecule has 2 aromatic rings. The maximum atomic E-state index is 4.23. The number of aromatic nitrogens is 1. The molecule has 0 aliphatic heterocycles. The van der Waals surface area contributed by atoms with Crippen molar-refractivity contribution in [1.82, 2.24) is 10.3 Å². The van der Waals surface area contributed by atoms with E-state index in [1.54, 1.807) is 11.3 Å². The van der Waals surface area contributed by atoms with E-state index in [1.165, 1.54) is 17.0 Å². The Hall–Kier alpha value is -1.19. The summed E-state index contributed by atoms with van der Waals surface area (Å²) < 4.78 is 0. The second-order valence-corrected chi connectivity index (χ2v) is 4.67. The molecule has 0 aliphatic rings. The van der Waals surface area contributed by atoms with Gasteiger partial charge in [0, 0.05) is 18.1 Å². The van der Waals surface area contributed by atoms with E-state index in [0.29, 0.717) is 0 Å². The number of nitrogens with zero attached hydrogens (tertiary/aromatic N) is 1. The van der Waals surface area contributed by atoms with Crippen LogP contribution in [0.4, 0.5) is 0 Å². The second kappa shape index (κ2) is 6.40. The Kier molecular flexibility index (Phi) is 4.52. The van der Waals surface area contributed by atoms with Gasteiger partial charge < -0.3 is 5.32 Å². The molecule has 0 fully saturated rings. The summed E-state index contributed by atoms with van der Waals surface area (Å²) >= 11 is 1.70. The third-order valence-electron chi connectivity index (χ3n) is 2.42. The molecule has 0 amide bonds. The predicted octanol–water partition coefficient (Wildman–Crippen LogP) is 2.87. The Morgan fingerprint density at radius 3 is 2.81 bits per heavy atom. The highest BCUT2D eigenvalue weighted by Gasteiger charge is 1.95. The molecule has 0 radical (unpaired) electrons. The van der Waals surface area contributed by atoms with Crippen molar-refractivity contribution in [3.8, 4) is 0 Å². The lowest BCUT2D eigenvalue weighted by atomic mass is 10.1. The molecule has 1 N–H and O–H groups in total. The molecule has 0 saturated carbocycles. The van der Waals surface area contributed by atoms with Crippen LogP contribution < -0.4 is 5.32 Å². The van der Waals surface area contributed by atoms with E-state index in [-0.39, 0.29) is 0 Å². The third kappa shape index (κ3) is 3.76. The van der Waals surface area contributed by atoms with Crippen LogP contribution in [0.25, 0.3) is 0 Å². The van der Waals surface area contributed by atoms with Crippen molar-refractivity contribution in [3.63, 3.8) is 0 Å². The quantitative estimate of drug-likeness (QED) is 0.775. The van der Waals surface area contributed by atoms with Gasteiger partial charge in [0.05, 0.1) is 0 Å². The van der Waals surface area contributed by atoms with Gasteiger partial charge in [-0.3, -0.25) is 0 Å². The summed E-state index contributed by atoms with van der Waals surface area (Å²) in [6.07, 6.45) is 4.17. The number of benzene rings is 1. The lowest BCUT2D eigenvalue weighted by Crippen LogP contribution is -2.15. The molecule has 0 spiro atoms. The molecule has 16 heavy (non-hydrogen) atoms. The fourth-order valence-electron chi connectivity index (χ4n) is 1.60. The lowest BCUT2D eigenvalue weighted by molar-refractivity contribution is 0.647. The Morgan fingerprint density at radius 1 is 1.19 bits per heavy atom. The molecule has 0 bridgehead atoms. The van der Waals surface area contributed by atoms with Gasteiger partial charge in [0.1, 0.15) is 5.01 Å². The number of nitrogens with one attached hydrogen (secondary N) is 1. The normalized spacial score (nSPS) is 10.5. The van der Waals surface area contributed by atoms with Gasteiger partial charge in [0.25, 0.3) is 0 Å². The third-order valence-corrected chi connectivity index (χ3v) is 3.20. The topological polar surface area (TPSA) is 24.9 Å². The minimum atomic E-state index is 0.895. The van der Waals surface area contributed by atoms with Crippen LogP contribution in [-0.2, 0) is 13.0 Å². The Bertz CT molecular complexity index is 384. The van der Waals surface area contributed by atoms with E-state index in [0.717, 1.165) is 19.5 Å². The van der Waals surface area contributed by atoms with E-state index in [4.69, 9.17) is 0 Å². The van der Waals surface area contributed by atoms with E-state index in [9.17, 15) is 0 Å². The van der Waals surface area contributed by atoms with Gasteiger partial charge in [0.15, 0.2) is 0 Å². The van der Waals surface area contributed by atoms with Crippen molar-refractivity contribution in [1.29, 1.82) is 0 Å². The standard InChI is InChI=1S/C13H16N2S/c1-2-5-12(6-3-1)7-4-8-14-11-13-15-9-10-16-13/h1-3,5-6,9-10,14H,4,7-8,11H2. The number of hydrogen-bond acceptors (Lipinski definition) is 3. The summed E-state index contributed by atoms with van der Waals surface area (Å²) in [6, 6.07) is 10.6. The summed E-state index contributed by atoms with van der Waals surface area (Å²) in [5.74, 6) is 0. The average Bonchev–Trinajstić information content (AvgIpc) is 2.83. The summed E-state index contributed by atoms with van der Waals surface area (Å²) in [5.41, 5.74) is 1.42. The first-order valence-corrected chi connectivity index (χ1v) is 6.46. The Labute approximate surface area is 100 Å². The predicted molar refractivity (Wildman–Crippen MR) is 68.6 cm³/mol. The number of aryl methyl sites for hydroxylation is 1. The van der Waals surface area contributed by atoms with Crippen LogP contribution in [0.2, 0.25) is 0 Å². The zero-order valence-electron chi connectivity index (χ0n) is 9.23. The van der Waals surface area contributed by atoms with E-state index < -0.39 is 0 Å².